The van der Waals surface area contributed by atoms with E-state index in [4.69, 9.17) is 0 Å². The molecule has 0 atom stereocenters. The summed E-state index contributed by atoms with van der Waals surface area (Å²) in [6, 6.07) is 11.4. The minimum atomic E-state index is -0.334. The van der Waals surface area contributed by atoms with E-state index in [1.54, 1.807) is 0 Å². The number of hydrogen-bond donors (Lipinski definition) is 2. The van der Waals surface area contributed by atoms with Crippen LogP contribution in [0.3, 0.4) is 0 Å². The molecule has 110 valence electrons. The topological polar surface area (TPSA) is 65.2 Å². The summed E-state index contributed by atoms with van der Waals surface area (Å²) in [5.74, 6) is -0.334. The fraction of sp³-hybridized carbons (Fsp3) is 0.250. The van der Waals surface area contributed by atoms with E-state index in [1.165, 1.54) is 18.5 Å². The van der Waals surface area contributed by atoms with E-state index in [0.29, 0.717) is 6.54 Å². The van der Waals surface area contributed by atoms with E-state index in [0.717, 1.165) is 18.7 Å². The second-order valence-electron chi connectivity index (χ2n) is 4.79. The molecule has 2 rings (SSSR count). The molecule has 1 heterocycles. The van der Waals surface area contributed by atoms with E-state index >= 15 is 0 Å². The smallest absolute Gasteiger partial charge is 0.256 e. The molecular formula is C16H19N3O2. The predicted molar refractivity (Wildman–Crippen MR) is 83.7 cm³/mol. The van der Waals surface area contributed by atoms with Crippen molar-refractivity contribution < 1.29 is 4.79 Å². The number of anilines is 1. The fourth-order valence-corrected chi connectivity index (χ4v) is 2.02. The van der Waals surface area contributed by atoms with Crippen molar-refractivity contribution >= 4 is 11.6 Å². The van der Waals surface area contributed by atoms with Gasteiger partial charge in [-0.2, -0.15) is 0 Å². The van der Waals surface area contributed by atoms with Gasteiger partial charge in [-0.25, -0.2) is 0 Å². The van der Waals surface area contributed by atoms with Gasteiger partial charge >= 0.3 is 0 Å². The Balaban J connectivity index is 1.76. The van der Waals surface area contributed by atoms with Crippen LogP contribution in [0.2, 0.25) is 0 Å². The third-order valence-corrected chi connectivity index (χ3v) is 3.22. The summed E-state index contributed by atoms with van der Waals surface area (Å²) in [7, 11) is 2.01. The summed E-state index contributed by atoms with van der Waals surface area (Å²) in [5.41, 5.74) is 1.02. The molecule has 0 saturated carbocycles. The molecule has 5 nitrogen and oxygen atoms in total. The van der Waals surface area contributed by atoms with E-state index in [9.17, 15) is 9.59 Å². The number of carbonyl (C=O) groups is 1. The van der Waals surface area contributed by atoms with Crippen molar-refractivity contribution in [2.24, 2.45) is 0 Å². The van der Waals surface area contributed by atoms with Crippen LogP contribution in [-0.4, -0.2) is 31.0 Å². The van der Waals surface area contributed by atoms with Gasteiger partial charge in [0.2, 0.25) is 0 Å². The van der Waals surface area contributed by atoms with Gasteiger partial charge in [0.15, 0.2) is 5.43 Å². The Morgan fingerprint density at radius 1 is 1.24 bits per heavy atom. The second kappa shape index (κ2) is 7.28. The van der Waals surface area contributed by atoms with Crippen molar-refractivity contribution in [2.75, 3.05) is 25.0 Å². The van der Waals surface area contributed by atoms with Gasteiger partial charge in [0.25, 0.3) is 5.91 Å². The molecule has 0 spiro atoms. The van der Waals surface area contributed by atoms with Crippen molar-refractivity contribution in [3.63, 3.8) is 0 Å². The average molecular weight is 285 g/mol. The maximum Gasteiger partial charge on any atom is 0.256 e. The summed E-state index contributed by atoms with van der Waals surface area (Å²) < 4.78 is 0. The average Bonchev–Trinajstić information content (AvgIpc) is 2.52. The summed E-state index contributed by atoms with van der Waals surface area (Å²) in [6.07, 6.45) is 3.74. The summed E-state index contributed by atoms with van der Waals surface area (Å²) >= 11 is 0. The predicted octanol–water partition coefficient (Wildman–Crippen LogP) is 1.63. The normalized spacial score (nSPS) is 10.1. The third-order valence-electron chi connectivity index (χ3n) is 3.22. The van der Waals surface area contributed by atoms with Gasteiger partial charge < -0.3 is 15.2 Å². The van der Waals surface area contributed by atoms with Crippen molar-refractivity contribution in [1.82, 2.24) is 10.3 Å². The first kappa shape index (κ1) is 14.8. The molecule has 21 heavy (non-hydrogen) atoms. The van der Waals surface area contributed by atoms with E-state index in [2.05, 4.69) is 15.2 Å². The number of aromatic amines is 1. The number of rotatable bonds is 6. The zero-order chi connectivity index (χ0) is 15.1. The molecule has 0 unspecified atom stereocenters. The first-order valence-corrected chi connectivity index (χ1v) is 6.90. The zero-order valence-electron chi connectivity index (χ0n) is 12.0. The molecule has 1 aromatic carbocycles. The van der Waals surface area contributed by atoms with Crippen LogP contribution in [0, 0.1) is 0 Å². The van der Waals surface area contributed by atoms with Gasteiger partial charge in [0.05, 0.1) is 0 Å². The monoisotopic (exact) mass is 285 g/mol. The fourth-order valence-electron chi connectivity index (χ4n) is 2.02. The molecule has 0 bridgehead atoms. The molecule has 0 aliphatic carbocycles. The van der Waals surface area contributed by atoms with Crippen LogP contribution in [0.1, 0.15) is 16.8 Å². The van der Waals surface area contributed by atoms with Crippen LogP contribution in [0.4, 0.5) is 5.69 Å². The Bertz CT molecular complexity index is 637. The lowest BCUT2D eigenvalue weighted by atomic mass is 10.2. The molecule has 0 saturated heterocycles. The number of H-pyrrole nitrogens is 1. The number of para-hydroxylation sites is 1. The number of amides is 1. The molecule has 0 radical (unpaired) electrons. The minimum absolute atomic E-state index is 0.147. The Morgan fingerprint density at radius 3 is 2.71 bits per heavy atom. The van der Waals surface area contributed by atoms with Gasteiger partial charge in [0, 0.05) is 44.3 Å². The number of benzene rings is 1. The summed E-state index contributed by atoms with van der Waals surface area (Å²) in [5, 5.41) is 2.76. The molecular weight excluding hydrogens is 266 g/mol. The number of nitrogens with one attached hydrogen (secondary N) is 2. The van der Waals surface area contributed by atoms with Crippen molar-refractivity contribution in [2.45, 2.75) is 6.42 Å². The number of hydrogen-bond acceptors (Lipinski definition) is 3. The van der Waals surface area contributed by atoms with Crippen molar-refractivity contribution in [3.05, 3.63) is 64.6 Å². The second-order valence-corrected chi connectivity index (χ2v) is 4.79. The van der Waals surface area contributed by atoms with E-state index in [-0.39, 0.29) is 16.9 Å². The minimum Gasteiger partial charge on any atom is -0.375 e. The molecule has 2 N–H and O–H groups in total. The van der Waals surface area contributed by atoms with Gasteiger partial charge in [-0.3, -0.25) is 9.59 Å². The highest BCUT2D eigenvalue weighted by molar-refractivity contribution is 5.93. The van der Waals surface area contributed by atoms with Gasteiger partial charge in [-0.05, 0) is 18.6 Å². The van der Waals surface area contributed by atoms with Crippen LogP contribution in [0.15, 0.2) is 53.6 Å². The maximum absolute atomic E-state index is 11.8. The van der Waals surface area contributed by atoms with E-state index in [1.807, 2.05) is 37.4 Å². The Labute approximate surface area is 123 Å². The largest absolute Gasteiger partial charge is 0.375 e. The number of pyridine rings is 1. The van der Waals surface area contributed by atoms with Crippen LogP contribution >= 0.6 is 0 Å². The molecule has 0 aliphatic rings. The molecule has 2 aromatic rings. The lowest BCUT2D eigenvalue weighted by Gasteiger charge is -2.19. The SMILES string of the molecule is CN(CCCNC(=O)c1c[nH]ccc1=O)c1ccccc1. The van der Waals surface area contributed by atoms with Gasteiger partial charge in [0.1, 0.15) is 5.56 Å². The zero-order valence-corrected chi connectivity index (χ0v) is 12.0. The third kappa shape index (κ3) is 4.21. The molecule has 0 aliphatic heterocycles. The van der Waals surface area contributed by atoms with Crippen LogP contribution < -0.4 is 15.6 Å². The lowest BCUT2D eigenvalue weighted by Crippen LogP contribution is -2.31. The van der Waals surface area contributed by atoms with Crippen LogP contribution in [0.25, 0.3) is 0 Å². The first-order chi connectivity index (χ1) is 10.2. The Morgan fingerprint density at radius 2 is 2.00 bits per heavy atom. The molecule has 1 amide bonds. The Kier molecular flexibility index (Phi) is 5.15. The molecule has 0 fully saturated rings. The summed E-state index contributed by atoms with van der Waals surface area (Å²) in [4.78, 5) is 28.2. The van der Waals surface area contributed by atoms with Crippen molar-refractivity contribution in [1.29, 1.82) is 0 Å². The summed E-state index contributed by atoms with van der Waals surface area (Å²) in [6.45, 7) is 1.36. The Hall–Kier alpha value is -2.56. The molecule has 1 aromatic heterocycles. The van der Waals surface area contributed by atoms with Crippen LogP contribution in [-0.2, 0) is 0 Å². The quantitative estimate of drug-likeness (QED) is 0.793. The van der Waals surface area contributed by atoms with Gasteiger partial charge in [-0.1, -0.05) is 18.2 Å². The first-order valence-electron chi connectivity index (χ1n) is 6.90. The van der Waals surface area contributed by atoms with E-state index < -0.39 is 0 Å². The van der Waals surface area contributed by atoms with Crippen LogP contribution in [0.5, 0.6) is 0 Å². The van der Waals surface area contributed by atoms with Crippen molar-refractivity contribution in [3.8, 4) is 0 Å². The number of aromatic nitrogens is 1. The molecule has 5 heteroatoms. The number of nitrogens with zero attached hydrogens (tertiary/aromatic N) is 1. The maximum atomic E-state index is 11.8. The highest BCUT2D eigenvalue weighted by Gasteiger charge is 2.08. The lowest BCUT2D eigenvalue weighted by molar-refractivity contribution is 0.0952. The highest BCUT2D eigenvalue weighted by Crippen LogP contribution is 2.10. The standard InChI is InChI=1S/C16H19N3O2/c1-19(13-6-3-2-4-7-13)11-5-9-18-16(21)14-12-17-10-8-15(14)20/h2-4,6-8,10,12H,5,9,11H2,1H3,(H,17,20)(H,18,21). The highest BCUT2D eigenvalue weighted by atomic mass is 16.2. The number of carbonyl (C=O) groups excluding carboxylic acids is 1. The van der Waals surface area contributed by atoms with Gasteiger partial charge in [-0.15, -0.1) is 0 Å².